The Labute approximate surface area is 468 Å². The number of carbonyl (C=O) groups excluding carboxylic acids is 9. The molecule has 450 valence electrons. The fourth-order valence-corrected chi connectivity index (χ4v) is 7.83. The number of nitrogens with two attached hydrogens (primary N) is 8. The zero-order chi connectivity index (χ0) is 60.8. The number of aromatic hydroxyl groups is 1. The topological polar surface area (TPSA) is 515 Å². The Morgan fingerprint density at radius 3 is 1.24 bits per heavy atom. The molecule has 25 N–H and O–H groups in total. The Bertz CT molecular complexity index is 2280. The molecular formula is C51H91N19O10. The van der Waals surface area contributed by atoms with Crippen molar-refractivity contribution in [2.24, 2.45) is 78.6 Å². The van der Waals surface area contributed by atoms with Crippen molar-refractivity contribution in [1.29, 1.82) is 0 Å². The lowest BCUT2D eigenvalue weighted by Gasteiger charge is -2.29. The van der Waals surface area contributed by atoms with E-state index in [0.717, 1.165) is 0 Å². The predicted molar refractivity (Wildman–Crippen MR) is 304 cm³/mol. The van der Waals surface area contributed by atoms with Crippen molar-refractivity contribution in [3.05, 3.63) is 29.8 Å². The van der Waals surface area contributed by atoms with E-state index in [-0.39, 0.29) is 113 Å². The number of phenolic OH excluding ortho intramolecular Hbond substituents is 1. The van der Waals surface area contributed by atoms with E-state index < -0.39 is 113 Å². The molecule has 0 aromatic heterocycles. The van der Waals surface area contributed by atoms with Gasteiger partial charge in [-0.2, -0.15) is 0 Å². The largest absolute Gasteiger partial charge is 0.508 e. The minimum atomic E-state index is -1.35. The zero-order valence-corrected chi connectivity index (χ0v) is 47.5. The fraction of sp³-hybridized carbons (Fsp3) is 0.647. The molecule has 0 spiro atoms. The Morgan fingerprint density at radius 1 is 0.463 bits per heavy atom. The van der Waals surface area contributed by atoms with Gasteiger partial charge in [-0.25, -0.2) is 0 Å². The van der Waals surface area contributed by atoms with Crippen LogP contribution in [0.15, 0.2) is 39.2 Å². The molecule has 10 atom stereocenters. The maximum absolute atomic E-state index is 14.3. The number of primary amides is 1. The van der Waals surface area contributed by atoms with Gasteiger partial charge in [0.05, 0.1) is 6.04 Å². The van der Waals surface area contributed by atoms with E-state index in [4.69, 9.17) is 45.9 Å². The molecule has 80 heavy (non-hydrogen) atoms. The molecule has 0 unspecified atom stereocenters. The van der Waals surface area contributed by atoms with Gasteiger partial charge >= 0.3 is 0 Å². The molecule has 0 bridgehead atoms. The van der Waals surface area contributed by atoms with Crippen LogP contribution in [0, 0.1) is 17.8 Å². The van der Waals surface area contributed by atoms with Crippen LogP contribution in [-0.4, -0.2) is 150 Å². The van der Waals surface area contributed by atoms with Crippen LogP contribution in [0.25, 0.3) is 0 Å². The van der Waals surface area contributed by atoms with Gasteiger partial charge in [0, 0.05) is 26.1 Å². The summed E-state index contributed by atoms with van der Waals surface area (Å²) >= 11 is 0. The molecule has 9 amide bonds. The number of aliphatic imine (C=N–C) groups is 3. The number of hydrogen-bond acceptors (Lipinski definition) is 14. The number of benzene rings is 1. The van der Waals surface area contributed by atoms with Gasteiger partial charge in [0.2, 0.25) is 53.2 Å². The second-order valence-electron chi connectivity index (χ2n) is 20.6. The molecule has 0 saturated heterocycles. The maximum Gasteiger partial charge on any atom is 0.243 e. The van der Waals surface area contributed by atoms with E-state index in [2.05, 4.69) is 57.5 Å². The maximum atomic E-state index is 14.3. The second-order valence-corrected chi connectivity index (χ2v) is 20.6. The standard InChI is InChI=1S/C51H91N19O10/c1-9-28(6)39(48(80)66-35(15-12-22-62-51(58)59)44(76)65-34(14-11-21-61-50(56)57)43(75)64-33(40(53)72)13-10-20-60-49(54)55)70-42(74)30(8)63-45(77)36(23-26(2)3)68-47(79)38(25-31-16-18-32(71)19-17-31)69-46(78)37(24-27(4)5)67-41(73)29(7)52/h16-19,26-30,33-39,71H,9-15,20-25,52H2,1-8H3,(H2,53,72)(H,63,77)(H,64,75)(H,65,76)(H,66,80)(H,67,73)(H,68,79)(H,69,78)(H,70,74)(H4,54,55,60)(H4,56,57,61)(H4,58,59,62)/t28-,29-,30-,33-,34-,35-,36-,37-,38-,39-/m1/s1. The normalized spacial score (nSPS) is 14.8. The van der Waals surface area contributed by atoms with Crippen LogP contribution < -0.4 is 88.4 Å². The Morgan fingerprint density at radius 2 is 0.825 bits per heavy atom. The van der Waals surface area contributed by atoms with Crippen molar-refractivity contribution in [2.45, 2.75) is 174 Å². The number of rotatable bonds is 37. The van der Waals surface area contributed by atoms with Crippen molar-refractivity contribution < 1.29 is 48.3 Å². The Balaban J connectivity index is 3.51. The van der Waals surface area contributed by atoms with Gasteiger partial charge in [-0.15, -0.1) is 0 Å². The molecule has 0 heterocycles. The molecular weight excluding hydrogens is 1040 g/mol. The molecule has 0 saturated carbocycles. The minimum Gasteiger partial charge on any atom is -0.508 e. The molecule has 29 nitrogen and oxygen atoms in total. The van der Waals surface area contributed by atoms with Gasteiger partial charge in [0.15, 0.2) is 17.9 Å². The van der Waals surface area contributed by atoms with Gasteiger partial charge in [-0.05, 0) is 101 Å². The van der Waals surface area contributed by atoms with E-state index in [0.29, 0.717) is 12.0 Å². The number of guanidine groups is 3. The zero-order valence-electron chi connectivity index (χ0n) is 47.5. The summed E-state index contributed by atoms with van der Waals surface area (Å²) in [6.07, 6.45) is 1.12. The molecule has 0 aliphatic carbocycles. The lowest BCUT2D eigenvalue weighted by atomic mass is 9.97. The monoisotopic (exact) mass is 1130 g/mol. The van der Waals surface area contributed by atoms with Crippen molar-refractivity contribution in [3.63, 3.8) is 0 Å². The van der Waals surface area contributed by atoms with Crippen LogP contribution in [0.2, 0.25) is 0 Å². The number of carbonyl (C=O) groups is 9. The van der Waals surface area contributed by atoms with Crippen LogP contribution in [0.5, 0.6) is 5.75 Å². The van der Waals surface area contributed by atoms with E-state index in [1.165, 1.54) is 26.0 Å². The SMILES string of the molecule is CC[C@@H](C)[C@@H](NC(=O)[C@@H](C)NC(=O)[C@@H](CC(C)C)NC(=O)[C@@H](Cc1ccc(O)cc1)NC(=O)[C@@H](CC(C)C)NC(=O)[C@@H](C)N)C(=O)N[C@H](CCCN=C(N)N)C(=O)N[C@H](CCCN=C(N)N)C(=O)N[C@H](CCCN=C(N)N)C(N)=O. The number of phenols is 1. The number of nitrogens with one attached hydrogen (secondary N) is 8. The molecule has 1 rings (SSSR count). The van der Waals surface area contributed by atoms with Crippen molar-refractivity contribution >= 4 is 71.0 Å². The first-order chi connectivity index (χ1) is 37.4. The average Bonchev–Trinajstić information content (AvgIpc) is 3.36. The summed E-state index contributed by atoms with van der Waals surface area (Å²) in [7, 11) is 0. The first-order valence-corrected chi connectivity index (χ1v) is 26.9. The van der Waals surface area contributed by atoms with Gasteiger partial charge in [-0.1, -0.05) is 60.1 Å². The van der Waals surface area contributed by atoms with Crippen LogP contribution >= 0.6 is 0 Å². The molecule has 0 fully saturated rings. The molecule has 1 aromatic carbocycles. The summed E-state index contributed by atoms with van der Waals surface area (Å²) in [4.78, 5) is 135. The lowest BCUT2D eigenvalue weighted by Crippen LogP contribution is -2.61. The summed E-state index contributed by atoms with van der Waals surface area (Å²) in [5, 5.41) is 31.2. The third kappa shape index (κ3) is 28.1. The summed E-state index contributed by atoms with van der Waals surface area (Å²) in [5.41, 5.74) is 44.7. The van der Waals surface area contributed by atoms with Crippen LogP contribution in [0.1, 0.15) is 119 Å². The van der Waals surface area contributed by atoms with Crippen molar-refractivity contribution in [2.75, 3.05) is 19.6 Å². The highest BCUT2D eigenvalue weighted by molar-refractivity contribution is 5.98. The molecule has 0 radical (unpaired) electrons. The third-order valence-corrected chi connectivity index (χ3v) is 12.4. The average molecular weight is 1130 g/mol. The van der Waals surface area contributed by atoms with E-state index >= 15 is 0 Å². The Kier molecular flexibility index (Phi) is 31.7. The van der Waals surface area contributed by atoms with Crippen LogP contribution in [-0.2, 0) is 49.6 Å². The smallest absolute Gasteiger partial charge is 0.243 e. The summed E-state index contributed by atoms with van der Waals surface area (Å²) < 4.78 is 0. The highest BCUT2D eigenvalue weighted by Crippen LogP contribution is 2.15. The van der Waals surface area contributed by atoms with Crippen LogP contribution in [0.4, 0.5) is 0 Å². The first kappa shape index (κ1) is 70.0. The van der Waals surface area contributed by atoms with Gasteiger partial charge in [0.25, 0.3) is 0 Å². The number of hydrogen-bond donors (Lipinski definition) is 17. The molecule has 0 aliphatic rings. The van der Waals surface area contributed by atoms with Crippen molar-refractivity contribution in [3.8, 4) is 5.75 Å². The van der Waals surface area contributed by atoms with Crippen LogP contribution in [0.3, 0.4) is 0 Å². The quantitative estimate of drug-likeness (QED) is 0.0171. The molecule has 29 heteroatoms. The van der Waals surface area contributed by atoms with Gasteiger partial charge in [-0.3, -0.25) is 58.1 Å². The predicted octanol–water partition coefficient (Wildman–Crippen LogP) is -4.04. The second kappa shape index (κ2) is 36.2. The van der Waals surface area contributed by atoms with E-state index in [9.17, 15) is 48.3 Å². The van der Waals surface area contributed by atoms with E-state index in [1.54, 1.807) is 26.0 Å². The van der Waals surface area contributed by atoms with Crippen molar-refractivity contribution in [1.82, 2.24) is 42.5 Å². The summed E-state index contributed by atoms with van der Waals surface area (Å²) in [6, 6.07) is -5.03. The molecule has 1 aromatic rings. The lowest BCUT2D eigenvalue weighted by molar-refractivity contribution is -0.136. The summed E-state index contributed by atoms with van der Waals surface area (Å²) in [6.45, 7) is 13.9. The minimum absolute atomic E-state index is 0.0333. The third-order valence-electron chi connectivity index (χ3n) is 12.4. The molecule has 0 aliphatic heterocycles. The number of nitrogens with zero attached hydrogens (tertiary/aromatic N) is 3. The first-order valence-electron chi connectivity index (χ1n) is 26.9. The summed E-state index contributed by atoms with van der Waals surface area (Å²) in [5.74, 6) is -8.27. The van der Waals surface area contributed by atoms with E-state index in [1.807, 2.05) is 27.7 Å². The van der Waals surface area contributed by atoms with Gasteiger partial charge in [0.1, 0.15) is 54.1 Å². The number of amides is 9. The fourth-order valence-electron chi connectivity index (χ4n) is 7.83. The van der Waals surface area contributed by atoms with Gasteiger partial charge < -0.3 is 93.5 Å². The Hall–Kier alpha value is -7.98. The highest BCUT2D eigenvalue weighted by Gasteiger charge is 2.35. The highest BCUT2D eigenvalue weighted by atomic mass is 16.3.